The molecule has 0 fully saturated rings. The van der Waals surface area contributed by atoms with Crippen molar-refractivity contribution in [2.45, 2.75) is 33.0 Å². The number of halogens is 1. The van der Waals surface area contributed by atoms with Crippen LogP contribution in [0.3, 0.4) is 0 Å². The average Bonchev–Trinajstić information content (AvgIpc) is 2.61. The molecule has 0 heterocycles. The van der Waals surface area contributed by atoms with E-state index in [2.05, 4.69) is 15.6 Å². The lowest BCUT2D eigenvalue weighted by Gasteiger charge is -2.15. The average molecular weight is 543 g/mol. The first kappa shape index (κ1) is 27.9. The number of nitrogens with zero attached hydrogens (tertiary/aromatic N) is 1. The van der Waals surface area contributed by atoms with Crippen LogP contribution in [0, 0.1) is 0 Å². The Labute approximate surface area is 191 Å². The van der Waals surface area contributed by atoms with E-state index in [1.165, 1.54) is 6.26 Å². The number of aliphatic hydroxyl groups excluding tert-OH is 1. The number of rotatable bonds is 12. The predicted octanol–water partition coefficient (Wildman–Crippen LogP) is 1.74. The summed E-state index contributed by atoms with van der Waals surface area (Å²) in [5.41, 5.74) is 0.738. The van der Waals surface area contributed by atoms with E-state index in [4.69, 9.17) is 9.47 Å². The van der Waals surface area contributed by atoms with Crippen LogP contribution in [0.25, 0.3) is 0 Å². The highest BCUT2D eigenvalue weighted by Gasteiger charge is 2.09. The Kier molecular flexibility index (Phi) is 14.2. The van der Waals surface area contributed by atoms with E-state index in [0.717, 1.165) is 5.56 Å². The fourth-order valence-electron chi connectivity index (χ4n) is 2.25. The summed E-state index contributed by atoms with van der Waals surface area (Å²) in [6.07, 6.45) is 0.493. The van der Waals surface area contributed by atoms with Gasteiger partial charge in [0.2, 0.25) is 0 Å². The number of nitrogens with one attached hydrogen (secondary N) is 2. The van der Waals surface area contributed by atoms with Gasteiger partial charge in [-0.25, -0.2) is 8.42 Å². The normalized spacial score (nSPS) is 13.0. The summed E-state index contributed by atoms with van der Waals surface area (Å²) < 4.78 is 33.0. The molecule has 0 aliphatic carbocycles. The van der Waals surface area contributed by atoms with Gasteiger partial charge in [0.05, 0.1) is 37.7 Å². The Morgan fingerprint density at radius 2 is 1.97 bits per heavy atom. The molecule has 0 radical (unpaired) electrons. The molecule has 1 unspecified atom stereocenters. The van der Waals surface area contributed by atoms with Crippen molar-refractivity contribution in [3.05, 3.63) is 29.8 Å². The maximum Gasteiger partial charge on any atom is 0.191 e. The molecular weight excluding hydrogens is 509 g/mol. The Morgan fingerprint density at radius 3 is 2.59 bits per heavy atom. The van der Waals surface area contributed by atoms with Gasteiger partial charge in [-0.3, -0.25) is 4.99 Å². The van der Waals surface area contributed by atoms with Crippen LogP contribution < -0.4 is 15.4 Å². The van der Waals surface area contributed by atoms with E-state index < -0.39 is 15.9 Å². The van der Waals surface area contributed by atoms with Gasteiger partial charge in [0.25, 0.3) is 0 Å². The summed E-state index contributed by atoms with van der Waals surface area (Å²) in [4.78, 5) is 4.39. The van der Waals surface area contributed by atoms with E-state index >= 15 is 0 Å². The molecule has 0 bridgehead atoms. The lowest BCUT2D eigenvalue weighted by Crippen LogP contribution is -2.39. The lowest BCUT2D eigenvalue weighted by atomic mass is 10.1. The first-order valence-electron chi connectivity index (χ1n) is 9.43. The molecule has 3 N–H and O–H groups in total. The lowest BCUT2D eigenvalue weighted by molar-refractivity contribution is 0.154. The standard InChI is InChI=1S/C19H33N3O5S.HI/c1-5-20-19(21-9-10-26-11-12-28(4,24)25)22-14-18(23)16-7-6-8-17(13-16)27-15(2)3;/h6-8,13,15,18,23H,5,9-12,14H2,1-4H3,(H2,20,21,22);1H. The van der Waals surface area contributed by atoms with Gasteiger partial charge in [0.15, 0.2) is 5.96 Å². The molecule has 1 atom stereocenters. The van der Waals surface area contributed by atoms with Crippen LogP contribution in [0.2, 0.25) is 0 Å². The zero-order valence-electron chi connectivity index (χ0n) is 17.6. The van der Waals surface area contributed by atoms with E-state index in [1.54, 1.807) is 0 Å². The Morgan fingerprint density at radius 1 is 1.24 bits per heavy atom. The molecule has 1 aromatic carbocycles. The summed E-state index contributed by atoms with van der Waals surface area (Å²) in [6.45, 7) is 7.72. The molecular formula is C19H34IN3O5S. The number of hydrogen-bond donors (Lipinski definition) is 3. The first-order valence-corrected chi connectivity index (χ1v) is 11.5. The first-order chi connectivity index (χ1) is 13.2. The van der Waals surface area contributed by atoms with E-state index in [-0.39, 0.29) is 49.0 Å². The highest BCUT2D eigenvalue weighted by atomic mass is 127. The minimum atomic E-state index is -3.01. The van der Waals surface area contributed by atoms with Crippen molar-refractivity contribution >= 4 is 39.8 Å². The second-order valence-corrected chi connectivity index (χ2v) is 8.90. The molecule has 0 amide bonds. The number of aliphatic imine (C=N–C) groups is 1. The Hall–Kier alpha value is -1.11. The zero-order valence-corrected chi connectivity index (χ0v) is 20.7. The number of ether oxygens (including phenoxy) is 2. The number of aliphatic hydroxyl groups is 1. The summed E-state index contributed by atoms with van der Waals surface area (Å²) in [5.74, 6) is 1.28. The summed E-state index contributed by atoms with van der Waals surface area (Å²) in [7, 11) is -3.01. The molecule has 0 aromatic heterocycles. The van der Waals surface area contributed by atoms with Crippen molar-refractivity contribution in [2.24, 2.45) is 4.99 Å². The molecule has 0 spiro atoms. The van der Waals surface area contributed by atoms with Crippen molar-refractivity contribution in [1.82, 2.24) is 10.6 Å². The highest BCUT2D eigenvalue weighted by Crippen LogP contribution is 2.20. The third-order valence-electron chi connectivity index (χ3n) is 3.52. The molecule has 0 saturated carbocycles. The van der Waals surface area contributed by atoms with Crippen molar-refractivity contribution in [2.75, 3.05) is 44.9 Å². The molecule has 1 rings (SSSR count). The molecule has 29 heavy (non-hydrogen) atoms. The largest absolute Gasteiger partial charge is 0.491 e. The van der Waals surface area contributed by atoms with Gasteiger partial charge in [-0.05, 0) is 38.5 Å². The van der Waals surface area contributed by atoms with E-state index in [0.29, 0.717) is 31.4 Å². The van der Waals surface area contributed by atoms with E-state index in [9.17, 15) is 13.5 Å². The molecule has 0 saturated heterocycles. The summed E-state index contributed by atoms with van der Waals surface area (Å²) in [6, 6.07) is 7.35. The fourth-order valence-corrected chi connectivity index (χ4v) is 2.67. The van der Waals surface area contributed by atoms with Crippen molar-refractivity contribution in [3.8, 4) is 5.75 Å². The zero-order chi connectivity index (χ0) is 21.0. The van der Waals surface area contributed by atoms with Crippen molar-refractivity contribution < 1.29 is 23.0 Å². The summed E-state index contributed by atoms with van der Waals surface area (Å²) in [5, 5.41) is 16.6. The van der Waals surface area contributed by atoms with Crippen LogP contribution in [0.15, 0.2) is 29.3 Å². The second-order valence-electron chi connectivity index (χ2n) is 6.64. The number of sulfone groups is 1. The molecule has 0 aliphatic rings. The number of guanidine groups is 1. The van der Waals surface area contributed by atoms with Crippen LogP contribution in [0.5, 0.6) is 5.75 Å². The topological polar surface area (TPSA) is 109 Å². The van der Waals surface area contributed by atoms with Crippen molar-refractivity contribution in [1.29, 1.82) is 0 Å². The molecule has 0 aliphatic heterocycles. The third-order valence-corrected chi connectivity index (χ3v) is 4.43. The maximum absolute atomic E-state index is 11.0. The van der Waals surface area contributed by atoms with Crippen LogP contribution >= 0.6 is 24.0 Å². The SMILES string of the molecule is CCNC(=NCC(O)c1cccc(OC(C)C)c1)NCCOCCS(C)(=O)=O.I. The van der Waals surface area contributed by atoms with Gasteiger partial charge in [-0.1, -0.05) is 12.1 Å². The molecule has 10 heteroatoms. The van der Waals surface area contributed by atoms with Crippen LogP contribution in [-0.4, -0.2) is 70.4 Å². The summed E-state index contributed by atoms with van der Waals surface area (Å²) >= 11 is 0. The van der Waals surface area contributed by atoms with Crippen LogP contribution in [0.4, 0.5) is 0 Å². The van der Waals surface area contributed by atoms with Crippen LogP contribution in [0.1, 0.15) is 32.4 Å². The van der Waals surface area contributed by atoms with Gasteiger partial charge < -0.3 is 25.2 Å². The minimum Gasteiger partial charge on any atom is -0.491 e. The third kappa shape index (κ3) is 13.7. The monoisotopic (exact) mass is 543 g/mol. The number of benzene rings is 1. The fraction of sp³-hybridized carbons (Fsp3) is 0.632. The number of hydrogen-bond acceptors (Lipinski definition) is 6. The maximum atomic E-state index is 11.0. The van der Waals surface area contributed by atoms with Gasteiger partial charge in [-0.2, -0.15) is 0 Å². The minimum absolute atomic E-state index is 0. The molecule has 168 valence electrons. The molecule has 8 nitrogen and oxygen atoms in total. The second kappa shape index (κ2) is 14.8. The van der Waals surface area contributed by atoms with Crippen LogP contribution in [-0.2, 0) is 14.6 Å². The highest BCUT2D eigenvalue weighted by molar-refractivity contribution is 14.0. The Balaban J connectivity index is 0.00000784. The predicted molar refractivity (Wildman–Crippen MR) is 127 cm³/mol. The van der Waals surface area contributed by atoms with Gasteiger partial charge >= 0.3 is 0 Å². The van der Waals surface area contributed by atoms with Gasteiger partial charge in [0.1, 0.15) is 15.6 Å². The molecule has 1 aromatic rings. The smallest absolute Gasteiger partial charge is 0.191 e. The van der Waals surface area contributed by atoms with Crippen molar-refractivity contribution in [3.63, 3.8) is 0 Å². The van der Waals surface area contributed by atoms with Gasteiger partial charge in [-0.15, -0.1) is 24.0 Å². The quantitative estimate of drug-likeness (QED) is 0.160. The van der Waals surface area contributed by atoms with Gasteiger partial charge in [0, 0.05) is 19.3 Å². The Bertz CT molecular complexity index is 714. The van der Waals surface area contributed by atoms with E-state index in [1.807, 2.05) is 45.0 Å².